The van der Waals surface area contributed by atoms with Gasteiger partial charge in [-0.25, -0.2) is 9.69 Å². The zero-order valence-corrected chi connectivity index (χ0v) is 14.7. The molecule has 6 heteroatoms. The maximum atomic E-state index is 12.5. The molecule has 2 unspecified atom stereocenters. The van der Waals surface area contributed by atoms with Crippen LogP contribution in [0.15, 0.2) is 29.6 Å². The van der Waals surface area contributed by atoms with Crippen molar-refractivity contribution in [1.29, 1.82) is 0 Å². The highest BCUT2D eigenvalue weighted by molar-refractivity contribution is 7.13. The van der Waals surface area contributed by atoms with Crippen molar-refractivity contribution >= 4 is 28.6 Å². The predicted octanol–water partition coefficient (Wildman–Crippen LogP) is 3.53. The van der Waals surface area contributed by atoms with Crippen LogP contribution in [-0.2, 0) is 11.3 Å². The summed E-state index contributed by atoms with van der Waals surface area (Å²) in [6.07, 6.45) is 1.03. The zero-order valence-electron chi connectivity index (χ0n) is 13.1. The van der Waals surface area contributed by atoms with Crippen molar-refractivity contribution in [1.82, 2.24) is 4.90 Å². The van der Waals surface area contributed by atoms with Gasteiger partial charge < -0.3 is 0 Å². The molecule has 22 heavy (non-hydrogen) atoms. The number of aryl methyl sites for hydroxylation is 1. The van der Waals surface area contributed by atoms with Crippen LogP contribution in [0.5, 0.6) is 0 Å². The van der Waals surface area contributed by atoms with Gasteiger partial charge in [0.25, 0.3) is 0 Å². The van der Waals surface area contributed by atoms with Crippen molar-refractivity contribution in [3.8, 4) is 0 Å². The maximum Gasteiger partial charge on any atom is 0.407 e. The van der Waals surface area contributed by atoms with Crippen molar-refractivity contribution in [3.05, 3.63) is 44.3 Å². The van der Waals surface area contributed by atoms with Gasteiger partial charge in [-0.15, -0.1) is 27.3 Å². The minimum absolute atomic E-state index is 0.0783. The van der Waals surface area contributed by atoms with E-state index in [1.54, 1.807) is 11.3 Å². The van der Waals surface area contributed by atoms with Gasteiger partial charge in [0, 0.05) is 4.88 Å². The Bertz CT molecular complexity index is 653. The monoisotopic (exact) mass is 337 g/mol. The first-order valence-electron chi connectivity index (χ1n) is 7.45. The summed E-state index contributed by atoms with van der Waals surface area (Å²) in [5.74, 6) is -0.218. The minimum atomic E-state index is -0.218. The first-order valence-corrected chi connectivity index (χ1v) is 9.14. The van der Waals surface area contributed by atoms with E-state index < -0.39 is 0 Å². The van der Waals surface area contributed by atoms with E-state index in [4.69, 9.17) is 4.84 Å². The first-order chi connectivity index (χ1) is 10.5. The zero-order chi connectivity index (χ0) is 15.7. The summed E-state index contributed by atoms with van der Waals surface area (Å²) in [5.41, 5.74) is 0. The van der Waals surface area contributed by atoms with Crippen LogP contribution in [0.25, 0.3) is 0 Å². The molecule has 2 aromatic rings. The Kier molecular flexibility index (Phi) is 4.36. The third-order valence-corrected chi connectivity index (χ3v) is 6.25. The average Bonchev–Trinajstić information content (AvgIpc) is 3.19. The predicted molar refractivity (Wildman–Crippen MR) is 89.9 cm³/mol. The SMILES string of the molecule is CCc1ccc(C(=O)O[N+]2(C)CCN(C)C2c2cccs2)s1. The number of carbonyl (C=O) groups is 1. The Labute approximate surface area is 139 Å². The van der Waals surface area contributed by atoms with Crippen LogP contribution in [0, 0.1) is 0 Å². The highest BCUT2D eigenvalue weighted by Crippen LogP contribution is 2.37. The van der Waals surface area contributed by atoms with Gasteiger partial charge >= 0.3 is 5.97 Å². The van der Waals surface area contributed by atoms with E-state index in [2.05, 4.69) is 30.3 Å². The molecule has 118 valence electrons. The highest BCUT2D eigenvalue weighted by Gasteiger charge is 2.48. The lowest BCUT2D eigenvalue weighted by Gasteiger charge is -2.32. The Morgan fingerprint density at radius 1 is 1.45 bits per heavy atom. The molecule has 0 bridgehead atoms. The Balaban J connectivity index is 1.81. The lowest BCUT2D eigenvalue weighted by Crippen LogP contribution is -2.46. The molecular weight excluding hydrogens is 316 g/mol. The van der Waals surface area contributed by atoms with E-state index >= 15 is 0 Å². The fourth-order valence-electron chi connectivity index (χ4n) is 2.95. The molecule has 0 spiro atoms. The number of carbonyl (C=O) groups excluding carboxylic acids is 1. The largest absolute Gasteiger partial charge is 0.407 e. The summed E-state index contributed by atoms with van der Waals surface area (Å²) in [4.78, 5) is 23.8. The molecule has 1 aliphatic heterocycles. The van der Waals surface area contributed by atoms with Crippen LogP contribution in [0.3, 0.4) is 0 Å². The van der Waals surface area contributed by atoms with Crippen molar-refractivity contribution in [2.45, 2.75) is 19.5 Å². The molecule has 0 amide bonds. The van der Waals surface area contributed by atoms with Crippen LogP contribution < -0.4 is 0 Å². The van der Waals surface area contributed by atoms with Crippen molar-refractivity contribution in [3.63, 3.8) is 0 Å². The van der Waals surface area contributed by atoms with Gasteiger partial charge in [-0.2, -0.15) is 0 Å². The number of likely N-dealkylation sites (N-methyl/N-ethyl adjacent to an activating group) is 2. The summed E-state index contributed by atoms with van der Waals surface area (Å²) in [6.45, 7) is 3.81. The van der Waals surface area contributed by atoms with E-state index in [1.165, 1.54) is 21.1 Å². The smallest absolute Gasteiger partial charge is 0.269 e. The molecule has 1 saturated heterocycles. The molecule has 4 nitrogen and oxygen atoms in total. The molecule has 2 atom stereocenters. The van der Waals surface area contributed by atoms with E-state index in [1.807, 2.05) is 25.2 Å². The molecule has 1 aliphatic rings. The molecule has 0 N–H and O–H groups in total. The molecule has 0 radical (unpaired) electrons. The number of hydroxylamine groups is 3. The normalized spacial score (nSPS) is 25.5. The van der Waals surface area contributed by atoms with E-state index in [0.29, 0.717) is 4.88 Å². The topological polar surface area (TPSA) is 29.5 Å². The fourth-order valence-corrected chi connectivity index (χ4v) is 4.77. The van der Waals surface area contributed by atoms with E-state index in [-0.39, 0.29) is 16.8 Å². The maximum absolute atomic E-state index is 12.5. The van der Waals surface area contributed by atoms with Gasteiger partial charge in [0.15, 0.2) is 0 Å². The molecule has 0 aromatic carbocycles. The van der Waals surface area contributed by atoms with Crippen LogP contribution in [0.2, 0.25) is 0 Å². The van der Waals surface area contributed by atoms with Crippen molar-refractivity contribution in [2.75, 3.05) is 27.2 Å². The summed E-state index contributed by atoms with van der Waals surface area (Å²) >= 11 is 3.24. The fraction of sp³-hybridized carbons (Fsp3) is 0.438. The number of thiophene rings is 2. The second-order valence-electron chi connectivity index (χ2n) is 5.77. The number of quaternary nitrogens is 1. The molecule has 2 aromatic heterocycles. The molecule has 1 fully saturated rings. The van der Waals surface area contributed by atoms with Crippen LogP contribution in [0.4, 0.5) is 0 Å². The van der Waals surface area contributed by atoms with E-state index in [0.717, 1.165) is 19.5 Å². The second-order valence-corrected chi connectivity index (χ2v) is 7.91. The second kappa shape index (κ2) is 6.12. The Morgan fingerprint density at radius 3 is 2.91 bits per heavy atom. The quantitative estimate of drug-likeness (QED) is 0.799. The summed E-state index contributed by atoms with van der Waals surface area (Å²) in [6, 6.07) is 8.04. The van der Waals surface area contributed by atoms with E-state index in [9.17, 15) is 4.79 Å². The standard InChI is InChI=1S/C16H21N2O2S2/c1-4-12-7-8-14(22-12)16(19)20-18(3)10-9-17(2)15(18)13-6-5-11-21-13/h5-8,11,15H,4,9-10H2,1-3H3/q+1. The van der Waals surface area contributed by atoms with Gasteiger partial charge in [-0.3, -0.25) is 4.84 Å². The van der Waals surface area contributed by atoms with Gasteiger partial charge in [0.05, 0.1) is 11.4 Å². The molecular formula is C16H21N2O2S2+. The summed E-state index contributed by atoms with van der Waals surface area (Å²) < 4.78 is 0.287. The lowest BCUT2D eigenvalue weighted by molar-refractivity contribution is -1.09. The van der Waals surface area contributed by atoms with Crippen molar-refractivity contribution in [2.24, 2.45) is 0 Å². The van der Waals surface area contributed by atoms with Gasteiger partial charge in [0.2, 0.25) is 6.17 Å². The van der Waals surface area contributed by atoms with Gasteiger partial charge in [0.1, 0.15) is 18.5 Å². The third kappa shape index (κ3) is 2.84. The Hall–Kier alpha value is -1.21. The number of rotatable bonds is 4. The summed E-state index contributed by atoms with van der Waals surface area (Å²) in [7, 11) is 4.09. The van der Waals surface area contributed by atoms with Gasteiger partial charge in [-0.05, 0) is 37.0 Å². The number of nitrogens with zero attached hydrogens (tertiary/aromatic N) is 2. The lowest BCUT2D eigenvalue weighted by atomic mass is 10.3. The Morgan fingerprint density at radius 2 is 2.27 bits per heavy atom. The summed E-state index contributed by atoms with van der Waals surface area (Å²) in [5, 5.41) is 2.07. The molecule has 0 saturated carbocycles. The van der Waals surface area contributed by atoms with Gasteiger partial charge in [-0.1, -0.05) is 13.0 Å². The molecule has 3 rings (SSSR count). The van der Waals surface area contributed by atoms with Crippen molar-refractivity contribution < 1.29 is 14.3 Å². The van der Waals surface area contributed by atoms with Crippen LogP contribution in [-0.4, -0.2) is 42.7 Å². The highest BCUT2D eigenvalue weighted by atomic mass is 32.1. The minimum Gasteiger partial charge on any atom is -0.269 e. The average molecular weight is 337 g/mol. The van der Waals surface area contributed by atoms with Crippen LogP contribution in [0.1, 0.15) is 32.5 Å². The number of hydrogen-bond donors (Lipinski definition) is 0. The van der Waals surface area contributed by atoms with Crippen LogP contribution >= 0.6 is 22.7 Å². The molecule has 3 heterocycles. The third-order valence-electron chi connectivity index (χ3n) is 4.13. The molecule has 0 aliphatic carbocycles. The number of hydrogen-bond acceptors (Lipinski definition) is 5. The first kappa shape index (κ1) is 15.7.